The van der Waals surface area contributed by atoms with Crippen molar-refractivity contribution in [2.75, 3.05) is 26.2 Å². The molecule has 1 unspecified atom stereocenters. The molecule has 0 saturated carbocycles. The number of carbonyl (C=O) groups excluding carboxylic acids is 4. The molecule has 32 heavy (non-hydrogen) atoms. The number of hydrogen-bond donors (Lipinski definition) is 2. The number of benzene rings is 1. The lowest BCUT2D eigenvalue weighted by Gasteiger charge is -2.41. The molecule has 0 aromatic heterocycles. The zero-order chi connectivity index (χ0) is 22.4. The molecule has 3 saturated heterocycles. The third-order valence-corrected chi connectivity index (χ3v) is 7.16. The minimum atomic E-state index is -0.589. The molecule has 0 bridgehead atoms. The van der Waals surface area contributed by atoms with Crippen LogP contribution >= 0.6 is 0 Å². The maximum Gasteiger partial charge on any atom is 0.255 e. The second kappa shape index (κ2) is 8.29. The predicted octanol–water partition coefficient (Wildman–Crippen LogP) is -0.171. The van der Waals surface area contributed by atoms with E-state index in [2.05, 4.69) is 10.2 Å². The summed E-state index contributed by atoms with van der Waals surface area (Å²) < 4.78 is 0. The van der Waals surface area contributed by atoms with Crippen molar-refractivity contribution in [3.8, 4) is 0 Å². The molecule has 3 fully saturated rings. The highest BCUT2D eigenvalue weighted by molar-refractivity contribution is 6.05. The Hall–Kier alpha value is -2.78. The highest BCUT2D eigenvalue weighted by atomic mass is 16.2. The summed E-state index contributed by atoms with van der Waals surface area (Å²) in [6.07, 6.45) is 2.31. The van der Waals surface area contributed by atoms with Crippen LogP contribution in [-0.4, -0.2) is 76.6 Å². The van der Waals surface area contributed by atoms with E-state index in [4.69, 9.17) is 5.73 Å². The molecule has 1 aromatic rings. The largest absolute Gasteiger partial charge is 0.339 e. The highest BCUT2D eigenvalue weighted by Crippen LogP contribution is 2.29. The first kappa shape index (κ1) is 21.1. The van der Waals surface area contributed by atoms with Gasteiger partial charge >= 0.3 is 0 Å². The van der Waals surface area contributed by atoms with Gasteiger partial charge in [0.15, 0.2) is 0 Å². The van der Waals surface area contributed by atoms with Crippen molar-refractivity contribution in [3.05, 3.63) is 34.9 Å². The lowest BCUT2D eigenvalue weighted by molar-refractivity contribution is -0.141. The quantitative estimate of drug-likeness (QED) is 0.630. The van der Waals surface area contributed by atoms with Gasteiger partial charge in [0, 0.05) is 50.1 Å². The minimum Gasteiger partial charge on any atom is -0.339 e. The zero-order valence-corrected chi connectivity index (χ0v) is 18.1. The van der Waals surface area contributed by atoms with Crippen molar-refractivity contribution in [1.29, 1.82) is 0 Å². The van der Waals surface area contributed by atoms with Gasteiger partial charge in [-0.2, -0.15) is 0 Å². The molecule has 9 nitrogen and oxygen atoms in total. The zero-order valence-electron chi connectivity index (χ0n) is 18.1. The van der Waals surface area contributed by atoms with Gasteiger partial charge in [-0.1, -0.05) is 12.1 Å². The van der Waals surface area contributed by atoms with Gasteiger partial charge < -0.3 is 15.5 Å². The minimum absolute atomic E-state index is 0.0856. The molecule has 0 radical (unpaired) electrons. The van der Waals surface area contributed by atoms with Crippen molar-refractivity contribution >= 4 is 23.6 Å². The van der Waals surface area contributed by atoms with Gasteiger partial charge in [0.2, 0.25) is 17.7 Å². The molecule has 170 valence electrons. The first-order chi connectivity index (χ1) is 15.4. The van der Waals surface area contributed by atoms with E-state index in [1.807, 2.05) is 23.1 Å². The molecule has 4 aliphatic rings. The van der Waals surface area contributed by atoms with E-state index in [1.165, 1.54) is 0 Å². The van der Waals surface area contributed by atoms with E-state index < -0.39 is 6.04 Å². The van der Waals surface area contributed by atoms with Crippen LogP contribution in [0.25, 0.3) is 0 Å². The number of nitrogens with two attached hydrogens (primary N) is 1. The van der Waals surface area contributed by atoms with E-state index in [9.17, 15) is 19.2 Å². The van der Waals surface area contributed by atoms with Crippen molar-refractivity contribution in [1.82, 2.24) is 20.0 Å². The number of likely N-dealkylation sites (tertiary alicyclic amines) is 2. The van der Waals surface area contributed by atoms with Gasteiger partial charge in [-0.25, -0.2) is 0 Å². The topological polar surface area (TPSA) is 116 Å². The number of amides is 4. The molecule has 9 heteroatoms. The fraction of sp³-hybridized carbons (Fsp3) is 0.565. The summed E-state index contributed by atoms with van der Waals surface area (Å²) in [6.45, 7) is 4.19. The summed E-state index contributed by atoms with van der Waals surface area (Å²) in [6, 6.07) is 5.49. The van der Waals surface area contributed by atoms with Crippen molar-refractivity contribution in [2.45, 2.75) is 50.9 Å². The van der Waals surface area contributed by atoms with Crippen LogP contribution in [0, 0.1) is 5.92 Å². The lowest BCUT2D eigenvalue weighted by atomic mass is 9.93. The van der Waals surface area contributed by atoms with E-state index >= 15 is 0 Å². The summed E-state index contributed by atoms with van der Waals surface area (Å²) in [4.78, 5) is 54.9. The Kier molecular flexibility index (Phi) is 5.46. The molecule has 4 heterocycles. The second-order valence-corrected chi connectivity index (χ2v) is 9.45. The molecular formula is C23H29N5O4. The molecule has 4 aliphatic heterocycles. The summed E-state index contributed by atoms with van der Waals surface area (Å²) in [5.41, 5.74) is 8.41. The molecule has 4 amide bonds. The summed E-state index contributed by atoms with van der Waals surface area (Å²) >= 11 is 0. The second-order valence-electron chi connectivity index (χ2n) is 9.45. The Bertz CT molecular complexity index is 965. The third-order valence-electron chi connectivity index (χ3n) is 7.16. The van der Waals surface area contributed by atoms with Crippen LogP contribution in [-0.2, 0) is 27.5 Å². The van der Waals surface area contributed by atoms with E-state index in [-0.39, 0.29) is 42.0 Å². The number of hydrogen-bond acceptors (Lipinski definition) is 6. The third kappa shape index (κ3) is 3.91. The number of imide groups is 1. The normalized spacial score (nSPS) is 25.0. The molecule has 5 rings (SSSR count). The van der Waals surface area contributed by atoms with E-state index in [0.717, 1.165) is 43.6 Å². The van der Waals surface area contributed by atoms with Crippen molar-refractivity contribution < 1.29 is 19.2 Å². The fourth-order valence-corrected chi connectivity index (χ4v) is 5.25. The summed E-state index contributed by atoms with van der Waals surface area (Å²) in [5, 5.41) is 2.34. The number of piperidine rings is 2. The van der Waals surface area contributed by atoms with Gasteiger partial charge in [-0.05, 0) is 49.5 Å². The van der Waals surface area contributed by atoms with E-state index in [0.29, 0.717) is 31.6 Å². The summed E-state index contributed by atoms with van der Waals surface area (Å²) in [5.74, 6) is -0.490. The van der Waals surface area contributed by atoms with Crippen LogP contribution in [0.15, 0.2) is 18.2 Å². The maximum absolute atomic E-state index is 13.0. The Morgan fingerprint density at radius 1 is 1.09 bits per heavy atom. The average molecular weight is 440 g/mol. The number of nitrogens with zero attached hydrogens (tertiary/aromatic N) is 3. The molecule has 0 aliphatic carbocycles. The van der Waals surface area contributed by atoms with Gasteiger partial charge in [-0.3, -0.25) is 29.4 Å². The van der Waals surface area contributed by atoms with E-state index in [1.54, 1.807) is 4.90 Å². The first-order valence-electron chi connectivity index (χ1n) is 11.4. The first-order valence-corrected chi connectivity index (χ1v) is 11.4. The Labute approximate surface area is 186 Å². The molecular weight excluding hydrogens is 410 g/mol. The monoisotopic (exact) mass is 439 g/mol. The van der Waals surface area contributed by atoms with Gasteiger partial charge in [0.1, 0.15) is 6.04 Å². The van der Waals surface area contributed by atoms with Crippen molar-refractivity contribution in [2.24, 2.45) is 11.7 Å². The Morgan fingerprint density at radius 3 is 2.53 bits per heavy atom. The number of carbonyl (C=O) groups is 4. The predicted molar refractivity (Wildman–Crippen MR) is 115 cm³/mol. The number of rotatable bonds is 4. The SMILES string of the molecule is NC1CN(C(=O)C2CCN(Cc3ccc4c(c3)C(=O)N(C3CCC(=O)NC3=O)C4)CC2)C1. The van der Waals surface area contributed by atoms with Crippen molar-refractivity contribution in [3.63, 3.8) is 0 Å². The molecule has 3 N–H and O–H groups in total. The average Bonchev–Trinajstić information content (AvgIpc) is 3.07. The Morgan fingerprint density at radius 2 is 1.84 bits per heavy atom. The van der Waals surface area contributed by atoms with Crippen LogP contribution in [0.5, 0.6) is 0 Å². The van der Waals surface area contributed by atoms with Crippen LogP contribution in [0.1, 0.15) is 47.2 Å². The smallest absolute Gasteiger partial charge is 0.255 e. The summed E-state index contributed by atoms with van der Waals surface area (Å²) in [7, 11) is 0. The molecule has 0 spiro atoms. The maximum atomic E-state index is 13.0. The fourth-order valence-electron chi connectivity index (χ4n) is 5.25. The van der Waals surface area contributed by atoms with Crippen LogP contribution in [0.4, 0.5) is 0 Å². The number of nitrogens with one attached hydrogen (secondary N) is 1. The molecule has 1 atom stereocenters. The van der Waals surface area contributed by atoms with Crippen LogP contribution < -0.4 is 11.1 Å². The van der Waals surface area contributed by atoms with Crippen LogP contribution in [0.3, 0.4) is 0 Å². The standard InChI is InChI=1S/C23H29N5O4/c24-17-12-27(13-17)22(31)15-5-7-26(8-6-15)10-14-1-2-16-11-28(23(32)18(16)9-14)19-3-4-20(29)25-21(19)30/h1-2,9,15,17,19H,3-8,10-13,24H2,(H,25,29,30). The molecule has 1 aromatic carbocycles. The Balaban J connectivity index is 1.18. The van der Waals surface area contributed by atoms with Gasteiger partial charge in [0.25, 0.3) is 5.91 Å². The van der Waals surface area contributed by atoms with Crippen LogP contribution in [0.2, 0.25) is 0 Å². The lowest BCUT2D eigenvalue weighted by Crippen LogP contribution is -2.59. The number of fused-ring (bicyclic) bond motifs is 1. The van der Waals surface area contributed by atoms with Gasteiger partial charge in [0.05, 0.1) is 0 Å². The van der Waals surface area contributed by atoms with Gasteiger partial charge in [-0.15, -0.1) is 0 Å². The highest BCUT2D eigenvalue weighted by Gasteiger charge is 2.39.